The number of carbonyl (C=O) groups excluding carboxylic acids is 2. The predicted octanol–water partition coefficient (Wildman–Crippen LogP) is 3.00. The first-order valence-corrected chi connectivity index (χ1v) is 9.25. The molecular formula is C19H23ClN4O2. The van der Waals surface area contributed by atoms with Crippen LogP contribution in [-0.4, -0.2) is 46.1 Å². The molecule has 0 bridgehead atoms. The van der Waals surface area contributed by atoms with Crippen molar-refractivity contribution >= 4 is 23.4 Å². The van der Waals surface area contributed by atoms with Crippen molar-refractivity contribution in [3.63, 3.8) is 0 Å². The highest BCUT2D eigenvalue weighted by Gasteiger charge is 2.23. The summed E-state index contributed by atoms with van der Waals surface area (Å²) in [5, 5.41) is 7.76. The SMILES string of the molecule is CC(C)c1c(C(=O)NCC(=O)N2CCCC2)cnn1-c1ccc(Cl)cc1. The van der Waals surface area contributed by atoms with Gasteiger partial charge < -0.3 is 10.2 Å². The van der Waals surface area contributed by atoms with E-state index in [0.29, 0.717) is 10.6 Å². The molecule has 0 unspecified atom stereocenters. The quantitative estimate of drug-likeness (QED) is 0.874. The lowest BCUT2D eigenvalue weighted by atomic mass is 10.1. The van der Waals surface area contributed by atoms with Gasteiger partial charge in [-0.25, -0.2) is 4.68 Å². The highest BCUT2D eigenvalue weighted by atomic mass is 35.5. The Morgan fingerprint density at radius 2 is 1.85 bits per heavy atom. The molecule has 1 aliphatic rings. The summed E-state index contributed by atoms with van der Waals surface area (Å²) in [7, 11) is 0. The molecule has 6 nitrogen and oxygen atoms in total. The van der Waals surface area contributed by atoms with Gasteiger partial charge in [-0.3, -0.25) is 9.59 Å². The summed E-state index contributed by atoms with van der Waals surface area (Å²) in [4.78, 5) is 26.6. The number of likely N-dealkylation sites (tertiary alicyclic amines) is 1. The van der Waals surface area contributed by atoms with Crippen molar-refractivity contribution in [1.29, 1.82) is 0 Å². The molecule has 7 heteroatoms. The molecule has 2 amide bonds. The summed E-state index contributed by atoms with van der Waals surface area (Å²) in [5.74, 6) is -0.225. The Balaban J connectivity index is 1.77. The van der Waals surface area contributed by atoms with E-state index in [0.717, 1.165) is 37.3 Å². The first kappa shape index (κ1) is 18.5. The van der Waals surface area contributed by atoms with Crippen LogP contribution in [0, 0.1) is 0 Å². The van der Waals surface area contributed by atoms with E-state index in [9.17, 15) is 9.59 Å². The molecule has 2 aromatic rings. The second-order valence-electron chi connectivity index (χ2n) is 6.76. The van der Waals surface area contributed by atoms with Crippen molar-refractivity contribution in [3.8, 4) is 5.69 Å². The van der Waals surface area contributed by atoms with Crippen LogP contribution in [-0.2, 0) is 4.79 Å². The van der Waals surface area contributed by atoms with Crippen LogP contribution in [0.5, 0.6) is 0 Å². The lowest BCUT2D eigenvalue weighted by molar-refractivity contribution is -0.129. The fourth-order valence-corrected chi connectivity index (χ4v) is 3.33. The van der Waals surface area contributed by atoms with E-state index in [1.54, 1.807) is 27.9 Å². The standard InChI is InChI=1S/C19H23ClN4O2/c1-13(2)18-16(11-22-24(18)15-7-5-14(20)6-8-15)19(26)21-12-17(25)23-9-3-4-10-23/h5-8,11,13H,3-4,9-10,12H2,1-2H3,(H,21,26). The third-order valence-electron chi connectivity index (χ3n) is 4.53. The van der Waals surface area contributed by atoms with Gasteiger partial charge in [0.15, 0.2) is 0 Å². The van der Waals surface area contributed by atoms with Crippen LogP contribution < -0.4 is 5.32 Å². The van der Waals surface area contributed by atoms with E-state index in [-0.39, 0.29) is 24.3 Å². The molecule has 3 rings (SSSR count). The van der Waals surface area contributed by atoms with Crippen molar-refractivity contribution in [2.75, 3.05) is 19.6 Å². The van der Waals surface area contributed by atoms with Gasteiger partial charge in [-0.1, -0.05) is 25.4 Å². The first-order chi connectivity index (χ1) is 12.5. The van der Waals surface area contributed by atoms with Gasteiger partial charge >= 0.3 is 0 Å². The zero-order valence-corrected chi connectivity index (χ0v) is 15.8. The summed E-state index contributed by atoms with van der Waals surface area (Å²) in [6, 6.07) is 7.30. The Hall–Kier alpha value is -2.34. The maximum absolute atomic E-state index is 12.6. The van der Waals surface area contributed by atoms with Gasteiger partial charge in [0.1, 0.15) is 0 Å². The fraction of sp³-hybridized carbons (Fsp3) is 0.421. The molecule has 26 heavy (non-hydrogen) atoms. The molecule has 1 aromatic heterocycles. The van der Waals surface area contributed by atoms with Crippen molar-refractivity contribution < 1.29 is 9.59 Å². The average Bonchev–Trinajstić information content (AvgIpc) is 3.29. The van der Waals surface area contributed by atoms with Gasteiger partial charge in [0.25, 0.3) is 5.91 Å². The third-order valence-corrected chi connectivity index (χ3v) is 4.78. The van der Waals surface area contributed by atoms with Crippen molar-refractivity contribution in [2.24, 2.45) is 0 Å². The molecule has 0 atom stereocenters. The van der Waals surface area contributed by atoms with Crippen LogP contribution in [0.3, 0.4) is 0 Å². The average molecular weight is 375 g/mol. The molecule has 1 saturated heterocycles. The number of hydrogen-bond acceptors (Lipinski definition) is 3. The normalized spacial score (nSPS) is 14.1. The van der Waals surface area contributed by atoms with Crippen LogP contribution >= 0.6 is 11.6 Å². The molecule has 0 saturated carbocycles. The largest absolute Gasteiger partial charge is 0.343 e. The van der Waals surface area contributed by atoms with Crippen LogP contribution in [0.1, 0.15) is 48.7 Å². The van der Waals surface area contributed by atoms with Crippen molar-refractivity contribution in [1.82, 2.24) is 20.0 Å². The smallest absolute Gasteiger partial charge is 0.255 e. The van der Waals surface area contributed by atoms with E-state index in [1.165, 1.54) is 0 Å². The zero-order valence-electron chi connectivity index (χ0n) is 15.0. The molecular weight excluding hydrogens is 352 g/mol. The summed E-state index contributed by atoms with van der Waals surface area (Å²) in [6.07, 6.45) is 3.62. The molecule has 0 radical (unpaired) electrons. The highest BCUT2D eigenvalue weighted by molar-refractivity contribution is 6.30. The monoisotopic (exact) mass is 374 g/mol. The number of benzene rings is 1. The summed E-state index contributed by atoms with van der Waals surface area (Å²) in [6.45, 7) is 5.59. The van der Waals surface area contributed by atoms with Crippen molar-refractivity contribution in [2.45, 2.75) is 32.6 Å². The number of hydrogen-bond donors (Lipinski definition) is 1. The Morgan fingerprint density at radius 1 is 1.19 bits per heavy atom. The Kier molecular flexibility index (Phi) is 5.61. The Morgan fingerprint density at radius 3 is 2.46 bits per heavy atom. The van der Waals surface area contributed by atoms with Crippen LogP contribution in [0.25, 0.3) is 5.69 Å². The zero-order chi connectivity index (χ0) is 18.7. The molecule has 1 aliphatic heterocycles. The van der Waals surface area contributed by atoms with Gasteiger partial charge in [0.05, 0.1) is 29.7 Å². The fourth-order valence-electron chi connectivity index (χ4n) is 3.21. The number of nitrogens with zero attached hydrogens (tertiary/aromatic N) is 3. The minimum absolute atomic E-state index is 0.0164. The van der Waals surface area contributed by atoms with Crippen LogP contribution in [0.4, 0.5) is 0 Å². The van der Waals surface area contributed by atoms with E-state index in [2.05, 4.69) is 10.4 Å². The minimum atomic E-state index is -0.276. The maximum atomic E-state index is 12.6. The van der Waals surface area contributed by atoms with Gasteiger partial charge in [0, 0.05) is 18.1 Å². The highest BCUT2D eigenvalue weighted by Crippen LogP contribution is 2.24. The molecule has 1 N–H and O–H groups in total. The number of rotatable bonds is 5. The van der Waals surface area contributed by atoms with Crippen LogP contribution in [0.15, 0.2) is 30.5 Å². The minimum Gasteiger partial charge on any atom is -0.343 e. The summed E-state index contributed by atoms with van der Waals surface area (Å²) in [5.41, 5.74) is 2.13. The topological polar surface area (TPSA) is 67.2 Å². The summed E-state index contributed by atoms with van der Waals surface area (Å²) >= 11 is 5.95. The van der Waals surface area contributed by atoms with Crippen LogP contribution in [0.2, 0.25) is 5.02 Å². The van der Waals surface area contributed by atoms with Gasteiger partial charge in [-0.05, 0) is 43.0 Å². The van der Waals surface area contributed by atoms with Gasteiger partial charge in [-0.15, -0.1) is 0 Å². The van der Waals surface area contributed by atoms with E-state index in [1.807, 2.05) is 26.0 Å². The molecule has 138 valence electrons. The second-order valence-corrected chi connectivity index (χ2v) is 7.19. The number of halogens is 1. The first-order valence-electron chi connectivity index (χ1n) is 8.87. The molecule has 0 aliphatic carbocycles. The Labute approximate surface area is 158 Å². The summed E-state index contributed by atoms with van der Waals surface area (Å²) < 4.78 is 1.75. The molecule has 1 aromatic carbocycles. The molecule has 0 spiro atoms. The molecule has 2 heterocycles. The predicted molar refractivity (Wildman–Crippen MR) is 101 cm³/mol. The third kappa shape index (κ3) is 3.90. The van der Waals surface area contributed by atoms with E-state index >= 15 is 0 Å². The van der Waals surface area contributed by atoms with Crippen molar-refractivity contribution in [3.05, 3.63) is 46.7 Å². The molecule has 1 fully saturated rings. The number of carbonyl (C=O) groups is 2. The lowest BCUT2D eigenvalue weighted by Crippen LogP contribution is -2.38. The van der Waals surface area contributed by atoms with E-state index < -0.39 is 0 Å². The van der Waals surface area contributed by atoms with Gasteiger partial charge in [0.2, 0.25) is 5.91 Å². The lowest BCUT2D eigenvalue weighted by Gasteiger charge is -2.16. The number of amides is 2. The second kappa shape index (κ2) is 7.91. The number of aromatic nitrogens is 2. The van der Waals surface area contributed by atoms with E-state index in [4.69, 9.17) is 11.6 Å². The van der Waals surface area contributed by atoms with Gasteiger partial charge in [-0.2, -0.15) is 5.10 Å². The maximum Gasteiger partial charge on any atom is 0.255 e. The number of nitrogens with one attached hydrogen (secondary N) is 1. The Bertz CT molecular complexity index is 792.